The molecule has 138 valence electrons. The molecule has 0 aliphatic rings. The van der Waals surface area contributed by atoms with E-state index in [0.717, 1.165) is 12.1 Å². The molecular weight excluding hydrogens is 362 g/mol. The van der Waals surface area contributed by atoms with Crippen LogP contribution in [0.4, 0.5) is 11.4 Å². The SMILES string of the molecule is COc1ccc(Cl)cc1Nc1ccnc(C(=O)NCCc2ccccc2)c1. The number of rotatable bonds is 7. The molecule has 1 amide bonds. The summed E-state index contributed by atoms with van der Waals surface area (Å²) in [6.45, 7) is 0.546. The molecule has 0 saturated heterocycles. The normalized spacial score (nSPS) is 10.3. The highest BCUT2D eigenvalue weighted by atomic mass is 35.5. The number of methoxy groups -OCH3 is 1. The highest BCUT2D eigenvalue weighted by Crippen LogP contribution is 2.30. The maximum absolute atomic E-state index is 12.4. The zero-order chi connectivity index (χ0) is 19.1. The molecule has 27 heavy (non-hydrogen) atoms. The van der Waals surface area contributed by atoms with Crippen molar-refractivity contribution in [1.29, 1.82) is 0 Å². The van der Waals surface area contributed by atoms with Crippen molar-refractivity contribution in [2.75, 3.05) is 19.0 Å². The molecule has 2 aromatic carbocycles. The molecule has 0 radical (unpaired) electrons. The first-order valence-corrected chi connectivity index (χ1v) is 8.92. The quantitative estimate of drug-likeness (QED) is 0.634. The lowest BCUT2D eigenvalue weighted by Gasteiger charge is -2.12. The second kappa shape index (κ2) is 9.05. The first-order valence-electron chi connectivity index (χ1n) is 8.54. The van der Waals surface area contributed by atoms with Crippen molar-refractivity contribution in [3.05, 3.63) is 83.1 Å². The standard InChI is InChI=1S/C21H20ClN3O2/c1-27-20-8-7-16(22)13-18(20)25-17-10-12-23-19(14-17)21(26)24-11-9-15-5-3-2-4-6-15/h2-8,10,12-14H,9,11H2,1H3,(H,23,25)(H,24,26). The number of amides is 1. The Bertz CT molecular complexity index is 916. The molecule has 3 rings (SSSR count). The largest absolute Gasteiger partial charge is 0.495 e. The lowest BCUT2D eigenvalue weighted by Crippen LogP contribution is -2.26. The van der Waals surface area contributed by atoms with E-state index in [4.69, 9.17) is 16.3 Å². The summed E-state index contributed by atoms with van der Waals surface area (Å²) < 4.78 is 5.33. The summed E-state index contributed by atoms with van der Waals surface area (Å²) in [5, 5.41) is 6.70. The van der Waals surface area contributed by atoms with Gasteiger partial charge in [0.25, 0.3) is 5.91 Å². The predicted octanol–water partition coefficient (Wildman–Crippen LogP) is 4.46. The molecule has 0 aliphatic carbocycles. The number of hydrogen-bond donors (Lipinski definition) is 2. The van der Waals surface area contributed by atoms with Gasteiger partial charge in [-0.15, -0.1) is 0 Å². The molecule has 5 nitrogen and oxygen atoms in total. The second-order valence-electron chi connectivity index (χ2n) is 5.89. The number of hydrogen-bond acceptors (Lipinski definition) is 4. The van der Waals surface area contributed by atoms with Crippen molar-refractivity contribution < 1.29 is 9.53 Å². The highest BCUT2D eigenvalue weighted by Gasteiger charge is 2.09. The van der Waals surface area contributed by atoms with E-state index >= 15 is 0 Å². The monoisotopic (exact) mass is 381 g/mol. The molecule has 1 heterocycles. The van der Waals surface area contributed by atoms with Crippen molar-refractivity contribution in [2.24, 2.45) is 0 Å². The van der Waals surface area contributed by atoms with Crippen LogP contribution >= 0.6 is 11.6 Å². The number of carbonyl (C=O) groups excluding carboxylic acids is 1. The molecule has 0 spiro atoms. The molecule has 2 N–H and O–H groups in total. The summed E-state index contributed by atoms with van der Waals surface area (Å²) >= 11 is 6.06. The Hall–Kier alpha value is -3.05. The van der Waals surface area contributed by atoms with Gasteiger partial charge in [0.1, 0.15) is 11.4 Å². The van der Waals surface area contributed by atoms with Gasteiger partial charge in [-0.1, -0.05) is 41.9 Å². The smallest absolute Gasteiger partial charge is 0.269 e. The van der Waals surface area contributed by atoms with Crippen LogP contribution in [0.3, 0.4) is 0 Å². The van der Waals surface area contributed by atoms with Gasteiger partial charge >= 0.3 is 0 Å². The van der Waals surface area contributed by atoms with Crippen LogP contribution in [0.2, 0.25) is 5.02 Å². The summed E-state index contributed by atoms with van der Waals surface area (Å²) in [7, 11) is 1.59. The average molecular weight is 382 g/mol. The molecule has 0 saturated carbocycles. The van der Waals surface area contributed by atoms with Gasteiger partial charge in [0.05, 0.1) is 12.8 Å². The Morgan fingerprint density at radius 3 is 2.70 bits per heavy atom. The van der Waals surface area contributed by atoms with Gasteiger partial charge < -0.3 is 15.4 Å². The molecule has 6 heteroatoms. The van der Waals surface area contributed by atoms with Gasteiger partial charge in [-0.05, 0) is 42.3 Å². The zero-order valence-electron chi connectivity index (χ0n) is 14.9. The number of carbonyl (C=O) groups is 1. The Labute approximate surface area is 163 Å². The van der Waals surface area contributed by atoms with Crippen LogP contribution in [-0.2, 0) is 6.42 Å². The maximum atomic E-state index is 12.4. The van der Waals surface area contributed by atoms with Crippen LogP contribution < -0.4 is 15.4 Å². The van der Waals surface area contributed by atoms with Gasteiger partial charge in [-0.2, -0.15) is 0 Å². The van der Waals surface area contributed by atoms with Crippen LogP contribution in [0.5, 0.6) is 5.75 Å². The Morgan fingerprint density at radius 1 is 1.11 bits per heavy atom. The first kappa shape index (κ1) is 18.7. The van der Waals surface area contributed by atoms with Crippen molar-refractivity contribution in [3.63, 3.8) is 0 Å². The fourth-order valence-electron chi connectivity index (χ4n) is 2.62. The van der Waals surface area contributed by atoms with Crippen LogP contribution in [0.25, 0.3) is 0 Å². The minimum absolute atomic E-state index is 0.215. The first-order chi connectivity index (χ1) is 13.2. The average Bonchev–Trinajstić information content (AvgIpc) is 2.69. The van der Waals surface area contributed by atoms with E-state index in [1.54, 1.807) is 43.6 Å². The van der Waals surface area contributed by atoms with E-state index < -0.39 is 0 Å². The second-order valence-corrected chi connectivity index (χ2v) is 6.33. The topological polar surface area (TPSA) is 63.2 Å². The summed E-state index contributed by atoms with van der Waals surface area (Å²) in [6.07, 6.45) is 2.36. The fourth-order valence-corrected chi connectivity index (χ4v) is 2.79. The van der Waals surface area contributed by atoms with E-state index in [-0.39, 0.29) is 5.91 Å². The Morgan fingerprint density at radius 2 is 1.93 bits per heavy atom. The van der Waals surface area contributed by atoms with Crippen molar-refractivity contribution in [3.8, 4) is 5.75 Å². The van der Waals surface area contributed by atoms with Crippen molar-refractivity contribution in [1.82, 2.24) is 10.3 Å². The van der Waals surface area contributed by atoms with Crippen LogP contribution in [0.15, 0.2) is 66.9 Å². The number of pyridine rings is 1. The lowest BCUT2D eigenvalue weighted by atomic mass is 10.1. The van der Waals surface area contributed by atoms with E-state index in [0.29, 0.717) is 28.7 Å². The lowest BCUT2D eigenvalue weighted by molar-refractivity contribution is 0.0949. The maximum Gasteiger partial charge on any atom is 0.269 e. The van der Waals surface area contributed by atoms with Gasteiger partial charge in [0.2, 0.25) is 0 Å². The number of nitrogens with one attached hydrogen (secondary N) is 2. The van der Waals surface area contributed by atoms with Gasteiger partial charge in [-0.25, -0.2) is 0 Å². The number of nitrogens with zero attached hydrogens (tertiary/aromatic N) is 1. The van der Waals surface area contributed by atoms with E-state index in [1.165, 1.54) is 5.56 Å². The molecule has 0 unspecified atom stereocenters. The molecular formula is C21H20ClN3O2. The van der Waals surface area contributed by atoms with E-state index in [9.17, 15) is 4.79 Å². The molecule has 0 aliphatic heterocycles. The number of aromatic nitrogens is 1. The van der Waals surface area contributed by atoms with E-state index in [2.05, 4.69) is 15.6 Å². The van der Waals surface area contributed by atoms with Crippen molar-refractivity contribution >= 4 is 28.9 Å². The molecule has 3 aromatic rings. The third kappa shape index (κ3) is 5.21. The molecule has 1 aromatic heterocycles. The highest BCUT2D eigenvalue weighted by molar-refractivity contribution is 6.31. The predicted molar refractivity (Wildman–Crippen MR) is 108 cm³/mol. The van der Waals surface area contributed by atoms with Crippen molar-refractivity contribution in [2.45, 2.75) is 6.42 Å². The Kier molecular flexibility index (Phi) is 6.28. The molecule has 0 atom stereocenters. The third-order valence-corrected chi connectivity index (χ3v) is 4.21. The van der Waals surface area contributed by atoms with Gasteiger partial charge in [0.15, 0.2) is 0 Å². The minimum Gasteiger partial charge on any atom is -0.495 e. The van der Waals surface area contributed by atoms with E-state index in [1.807, 2.05) is 30.3 Å². The summed E-state index contributed by atoms with van der Waals surface area (Å²) in [5.41, 5.74) is 2.95. The molecule has 0 bridgehead atoms. The summed E-state index contributed by atoms with van der Waals surface area (Å²) in [5.74, 6) is 0.442. The van der Waals surface area contributed by atoms with Crippen LogP contribution in [0, 0.1) is 0 Å². The third-order valence-electron chi connectivity index (χ3n) is 3.98. The van der Waals surface area contributed by atoms with Crippen LogP contribution in [-0.4, -0.2) is 24.5 Å². The molecule has 0 fully saturated rings. The Balaban J connectivity index is 1.64. The number of benzene rings is 2. The number of halogens is 1. The van der Waals surface area contributed by atoms with Crippen LogP contribution in [0.1, 0.15) is 16.1 Å². The fraction of sp³-hybridized carbons (Fsp3) is 0.143. The zero-order valence-corrected chi connectivity index (χ0v) is 15.7. The van der Waals surface area contributed by atoms with Gasteiger partial charge in [-0.3, -0.25) is 9.78 Å². The number of anilines is 2. The van der Waals surface area contributed by atoms with Gasteiger partial charge in [0, 0.05) is 23.5 Å². The minimum atomic E-state index is -0.215. The summed E-state index contributed by atoms with van der Waals surface area (Å²) in [4.78, 5) is 16.5. The summed E-state index contributed by atoms with van der Waals surface area (Å²) in [6, 6.07) is 18.8. The number of ether oxygens (including phenoxy) is 1.